The van der Waals surface area contributed by atoms with Crippen LogP contribution in [0.15, 0.2) is 36.7 Å². The molecule has 0 saturated heterocycles. The molecule has 1 unspecified atom stereocenters. The molecule has 172 valence electrons. The van der Waals surface area contributed by atoms with Crippen molar-refractivity contribution in [2.24, 2.45) is 0 Å². The first kappa shape index (κ1) is 23.6. The molecule has 0 spiro atoms. The molecule has 2 N–H and O–H groups in total. The summed E-state index contributed by atoms with van der Waals surface area (Å²) in [6, 6.07) is 7.05. The van der Waals surface area contributed by atoms with Gasteiger partial charge in [-0.15, -0.1) is 0 Å². The Labute approximate surface area is 185 Å². The summed E-state index contributed by atoms with van der Waals surface area (Å²) in [6.45, 7) is 5.72. The lowest BCUT2D eigenvalue weighted by Crippen LogP contribution is -2.31. The summed E-state index contributed by atoms with van der Waals surface area (Å²) in [6.07, 6.45) is 2.92. The van der Waals surface area contributed by atoms with Crippen molar-refractivity contribution >= 4 is 16.8 Å². The second-order valence-corrected chi connectivity index (χ2v) is 8.19. The molecule has 9 heteroatoms. The van der Waals surface area contributed by atoms with Crippen molar-refractivity contribution in [2.75, 3.05) is 13.2 Å². The predicted molar refractivity (Wildman–Crippen MR) is 117 cm³/mol. The Balaban J connectivity index is 1.79. The van der Waals surface area contributed by atoms with Crippen LogP contribution in [0.1, 0.15) is 43.6 Å². The number of hydrogen-bond donors (Lipinski definition) is 2. The van der Waals surface area contributed by atoms with E-state index < -0.39 is 18.6 Å². The second-order valence-electron chi connectivity index (χ2n) is 8.19. The number of pyridine rings is 1. The van der Waals surface area contributed by atoms with Gasteiger partial charge in [-0.05, 0) is 44.0 Å². The van der Waals surface area contributed by atoms with Gasteiger partial charge in [0.15, 0.2) is 6.61 Å². The maximum Gasteiger partial charge on any atom is 0.278 e. The highest BCUT2D eigenvalue weighted by molar-refractivity contribution is 5.86. The van der Waals surface area contributed by atoms with E-state index in [0.29, 0.717) is 17.0 Å². The topological polar surface area (TPSA) is 89.3 Å². The van der Waals surface area contributed by atoms with Crippen LogP contribution in [0.25, 0.3) is 10.9 Å². The van der Waals surface area contributed by atoms with Gasteiger partial charge in [0.1, 0.15) is 5.75 Å². The molecular weight excluding hydrogens is 418 g/mol. The largest absolute Gasteiger partial charge is 0.487 e. The predicted octanol–water partition coefficient (Wildman–Crippen LogP) is 3.42. The summed E-state index contributed by atoms with van der Waals surface area (Å²) in [5.74, 6) is -2.70. The van der Waals surface area contributed by atoms with Crippen molar-refractivity contribution in [3.8, 4) is 5.75 Å². The summed E-state index contributed by atoms with van der Waals surface area (Å²) in [7, 11) is 0. The van der Waals surface area contributed by atoms with Crippen LogP contribution in [-0.4, -0.2) is 51.0 Å². The van der Waals surface area contributed by atoms with Gasteiger partial charge in [0.05, 0.1) is 29.8 Å². The van der Waals surface area contributed by atoms with Gasteiger partial charge in [0, 0.05) is 31.2 Å². The Hall–Kier alpha value is -3.07. The van der Waals surface area contributed by atoms with E-state index in [1.54, 1.807) is 29.9 Å². The second kappa shape index (κ2) is 9.60. The molecule has 2 aromatic heterocycles. The standard InChI is InChI=1S/C23H28F2N4O3/c1-14-9-17(5-6-21(14)32-13-23(4,24)25)16(3)29-12-18-19(28-29)7-8-26-20(18)10-22(31)27-11-15(2)30/h5-9,12,15-16,30H,10-11,13H2,1-4H3,(H,27,31)/t15-,16?/m1/s1. The number of nitrogens with one attached hydrogen (secondary N) is 1. The Bertz CT molecular complexity index is 1090. The first-order valence-electron chi connectivity index (χ1n) is 10.4. The number of hydrogen-bond acceptors (Lipinski definition) is 5. The van der Waals surface area contributed by atoms with Crippen LogP contribution >= 0.6 is 0 Å². The van der Waals surface area contributed by atoms with Gasteiger partial charge >= 0.3 is 0 Å². The minimum Gasteiger partial charge on any atom is -0.487 e. The number of aliphatic hydroxyl groups is 1. The van der Waals surface area contributed by atoms with E-state index in [0.717, 1.165) is 23.4 Å². The van der Waals surface area contributed by atoms with E-state index in [2.05, 4.69) is 15.4 Å². The molecule has 3 rings (SSSR count). The first-order chi connectivity index (χ1) is 15.0. The summed E-state index contributed by atoms with van der Waals surface area (Å²) in [5, 5.41) is 17.4. The highest BCUT2D eigenvalue weighted by Crippen LogP contribution is 2.27. The van der Waals surface area contributed by atoms with Gasteiger partial charge in [-0.1, -0.05) is 12.1 Å². The molecule has 0 saturated carbocycles. The van der Waals surface area contributed by atoms with Crippen LogP contribution in [0.4, 0.5) is 8.78 Å². The van der Waals surface area contributed by atoms with Crippen molar-refractivity contribution < 1.29 is 23.4 Å². The number of benzene rings is 1. The molecule has 0 aliphatic rings. The molecule has 1 amide bonds. The van der Waals surface area contributed by atoms with Crippen LogP contribution < -0.4 is 10.1 Å². The van der Waals surface area contributed by atoms with Crippen molar-refractivity contribution in [3.05, 3.63) is 53.5 Å². The van der Waals surface area contributed by atoms with Gasteiger partial charge in [0.25, 0.3) is 5.92 Å². The number of ether oxygens (including phenoxy) is 1. The van der Waals surface area contributed by atoms with Gasteiger partial charge in [-0.3, -0.25) is 14.5 Å². The molecule has 0 fully saturated rings. The van der Waals surface area contributed by atoms with E-state index in [9.17, 15) is 18.7 Å². The van der Waals surface area contributed by atoms with E-state index in [-0.39, 0.29) is 24.9 Å². The number of halogens is 2. The number of carbonyl (C=O) groups is 1. The molecule has 0 aliphatic carbocycles. The van der Waals surface area contributed by atoms with Gasteiger partial charge in [0.2, 0.25) is 5.91 Å². The van der Waals surface area contributed by atoms with Gasteiger partial charge < -0.3 is 15.2 Å². The molecule has 0 aliphatic heterocycles. The summed E-state index contributed by atoms with van der Waals surface area (Å²) in [4.78, 5) is 16.5. The third kappa shape index (κ3) is 6.00. The first-order valence-corrected chi connectivity index (χ1v) is 10.4. The number of aryl methyl sites for hydroxylation is 1. The molecule has 2 heterocycles. The SMILES string of the molecule is Cc1cc(C(C)n2cc3c(CC(=O)NC[C@@H](C)O)nccc3n2)ccc1OCC(C)(F)F. The molecule has 2 atom stereocenters. The third-order valence-corrected chi connectivity index (χ3v) is 5.02. The average molecular weight is 446 g/mol. The molecule has 7 nitrogen and oxygen atoms in total. The molecule has 0 bridgehead atoms. The summed E-state index contributed by atoms with van der Waals surface area (Å²) >= 11 is 0. The highest BCUT2D eigenvalue weighted by Gasteiger charge is 2.22. The van der Waals surface area contributed by atoms with Crippen molar-refractivity contribution in [1.82, 2.24) is 20.1 Å². The normalized spacial score (nSPS) is 13.7. The lowest BCUT2D eigenvalue weighted by atomic mass is 10.1. The number of rotatable bonds is 9. The fraction of sp³-hybridized carbons (Fsp3) is 0.435. The van der Waals surface area contributed by atoms with E-state index >= 15 is 0 Å². The zero-order valence-electron chi connectivity index (χ0n) is 18.6. The molecule has 3 aromatic rings. The fourth-order valence-corrected chi connectivity index (χ4v) is 3.29. The quantitative estimate of drug-likeness (QED) is 0.526. The number of fused-ring (bicyclic) bond motifs is 1. The minimum absolute atomic E-state index is 0.0807. The summed E-state index contributed by atoms with van der Waals surface area (Å²) in [5.41, 5.74) is 3.01. The maximum absolute atomic E-state index is 13.1. The van der Waals surface area contributed by atoms with Crippen molar-refractivity contribution in [3.63, 3.8) is 0 Å². The maximum atomic E-state index is 13.1. The lowest BCUT2D eigenvalue weighted by Gasteiger charge is -2.17. The Kier molecular flexibility index (Phi) is 7.08. The van der Waals surface area contributed by atoms with Crippen LogP contribution in [0.2, 0.25) is 0 Å². The lowest BCUT2D eigenvalue weighted by molar-refractivity contribution is -0.120. The van der Waals surface area contributed by atoms with E-state index in [4.69, 9.17) is 4.74 Å². The van der Waals surface area contributed by atoms with Crippen molar-refractivity contribution in [1.29, 1.82) is 0 Å². The number of nitrogens with zero attached hydrogens (tertiary/aromatic N) is 3. The number of alkyl halides is 2. The smallest absolute Gasteiger partial charge is 0.278 e. The van der Waals surface area contributed by atoms with Crippen LogP contribution in [0, 0.1) is 6.92 Å². The monoisotopic (exact) mass is 446 g/mol. The molecule has 1 aromatic carbocycles. The third-order valence-electron chi connectivity index (χ3n) is 5.02. The number of amides is 1. The van der Waals surface area contributed by atoms with Gasteiger partial charge in [-0.2, -0.15) is 5.10 Å². The van der Waals surface area contributed by atoms with Crippen LogP contribution in [0.3, 0.4) is 0 Å². The number of carbonyl (C=O) groups excluding carboxylic acids is 1. The number of aliphatic hydroxyl groups excluding tert-OH is 1. The zero-order valence-corrected chi connectivity index (χ0v) is 18.6. The molecule has 0 radical (unpaired) electrons. The fourth-order valence-electron chi connectivity index (χ4n) is 3.29. The van der Waals surface area contributed by atoms with E-state index in [1.807, 2.05) is 32.2 Å². The number of aromatic nitrogens is 3. The highest BCUT2D eigenvalue weighted by atomic mass is 19.3. The average Bonchev–Trinajstić information content (AvgIpc) is 3.15. The molecule has 32 heavy (non-hydrogen) atoms. The van der Waals surface area contributed by atoms with Crippen LogP contribution in [0.5, 0.6) is 5.75 Å². The Morgan fingerprint density at radius 2 is 2.06 bits per heavy atom. The van der Waals surface area contributed by atoms with E-state index in [1.165, 1.54) is 0 Å². The van der Waals surface area contributed by atoms with Gasteiger partial charge in [-0.25, -0.2) is 8.78 Å². The van der Waals surface area contributed by atoms with Crippen LogP contribution in [-0.2, 0) is 11.2 Å². The Morgan fingerprint density at radius 3 is 2.72 bits per heavy atom. The zero-order chi connectivity index (χ0) is 23.5. The Morgan fingerprint density at radius 1 is 1.31 bits per heavy atom. The minimum atomic E-state index is -2.90. The molecular formula is C23H28F2N4O3. The summed E-state index contributed by atoms with van der Waals surface area (Å²) < 4.78 is 33.2. The van der Waals surface area contributed by atoms with Crippen molar-refractivity contribution in [2.45, 2.75) is 52.2 Å².